The summed E-state index contributed by atoms with van der Waals surface area (Å²) in [6, 6.07) is 15.9. The Kier molecular flexibility index (Phi) is 9.18. The van der Waals surface area contributed by atoms with E-state index in [2.05, 4.69) is 26.6 Å². The van der Waals surface area contributed by atoms with Gasteiger partial charge in [0.25, 0.3) is 17.5 Å². The number of amides is 2. The van der Waals surface area contributed by atoms with Crippen LogP contribution < -0.4 is 20.1 Å². The van der Waals surface area contributed by atoms with E-state index in [1.165, 1.54) is 37.5 Å². The number of benzene rings is 3. The van der Waals surface area contributed by atoms with E-state index in [0.29, 0.717) is 15.7 Å². The number of anilines is 2. The molecule has 0 aliphatic carbocycles. The van der Waals surface area contributed by atoms with Crippen LogP contribution in [0.4, 0.5) is 17.1 Å². The molecule has 0 fully saturated rings. The normalized spacial score (nSPS) is 10.8. The lowest BCUT2D eigenvalue weighted by molar-refractivity contribution is -0.384. The van der Waals surface area contributed by atoms with Crippen molar-refractivity contribution in [1.82, 2.24) is 0 Å². The fraction of sp³-hybridized carbons (Fsp3) is 0.148. The number of nitrogens with one attached hydrogen (secondary N) is 2. The van der Waals surface area contributed by atoms with Gasteiger partial charge >= 0.3 is 0 Å². The number of methoxy groups -OCH3 is 1. The summed E-state index contributed by atoms with van der Waals surface area (Å²) in [5, 5.41) is 25.8. The number of non-ortho nitro benzene ring substituents is 1. The van der Waals surface area contributed by atoms with Crippen LogP contribution in [-0.2, 0) is 9.59 Å². The second-order valence-corrected chi connectivity index (χ2v) is 8.90. The van der Waals surface area contributed by atoms with Gasteiger partial charge in [-0.1, -0.05) is 18.2 Å². The third kappa shape index (κ3) is 6.96. The molecule has 38 heavy (non-hydrogen) atoms. The minimum absolute atomic E-state index is 0.173. The van der Waals surface area contributed by atoms with E-state index in [-0.39, 0.29) is 41.0 Å². The van der Waals surface area contributed by atoms with Crippen LogP contribution in [-0.4, -0.2) is 30.5 Å². The topological polar surface area (TPSA) is 144 Å². The van der Waals surface area contributed by atoms with Gasteiger partial charge in [0.2, 0.25) is 0 Å². The first-order valence-electron chi connectivity index (χ1n) is 11.2. The molecule has 0 radical (unpaired) electrons. The van der Waals surface area contributed by atoms with E-state index in [4.69, 9.17) is 9.47 Å². The fourth-order valence-electron chi connectivity index (χ4n) is 3.38. The Morgan fingerprint density at radius 2 is 1.87 bits per heavy atom. The van der Waals surface area contributed by atoms with Crippen molar-refractivity contribution in [1.29, 1.82) is 5.26 Å². The number of nitro groups is 1. The summed E-state index contributed by atoms with van der Waals surface area (Å²) in [6.45, 7) is 3.58. The highest BCUT2D eigenvalue weighted by Gasteiger charge is 2.16. The summed E-state index contributed by atoms with van der Waals surface area (Å²) in [5.41, 5.74) is 2.87. The van der Waals surface area contributed by atoms with Crippen molar-refractivity contribution in [3.63, 3.8) is 0 Å². The van der Waals surface area contributed by atoms with Crippen molar-refractivity contribution in [3.8, 4) is 17.6 Å². The highest BCUT2D eigenvalue weighted by molar-refractivity contribution is 9.10. The quantitative estimate of drug-likeness (QED) is 0.147. The largest absolute Gasteiger partial charge is 0.493 e. The van der Waals surface area contributed by atoms with Gasteiger partial charge in [0.15, 0.2) is 18.1 Å². The Hall–Kier alpha value is -4.69. The van der Waals surface area contributed by atoms with Crippen LogP contribution in [0.2, 0.25) is 0 Å². The third-order valence-corrected chi connectivity index (χ3v) is 6.06. The minimum Gasteiger partial charge on any atom is -0.493 e. The summed E-state index contributed by atoms with van der Waals surface area (Å²) in [7, 11) is 1.42. The molecular weight excluding hydrogens is 556 g/mol. The maximum Gasteiger partial charge on any atom is 0.271 e. The lowest BCUT2D eigenvalue weighted by Crippen LogP contribution is -2.21. The van der Waals surface area contributed by atoms with Gasteiger partial charge in [-0.3, -0.25) is 19.7 Å². The zero-order chi connectivity index (χ0) is 27.8. The minimum atomic E-state index is -0.744. The fourth-order valence-corrected chi connectivity index (χ4v) is 3.96. The second-order valence-electron chi connectivity index (χ2n) is 8.05. The standard InChI is InChI=1S/C27H23BrN4O6/c1-16-6-4-9-23(17(16)2)31-25(33)15-38-26-22(28)11-18(12-24(26)37-3)10-19(14-29)27(34)30-20-7-5-8-21(13-20)32(35)36/h4-13H,15H2,1-3H3,(H,30,34)(H,31,33)/b19-10-. The monoisotopic (exact) mass is 578 g/mol. The Balaban J connectivity index is 1.75. The molecule has 0 aromatic heterocycles. The highest BCUT2D eigenvalue weighted by atomic mass is 79.9. The van der Waals surface area contributed by atoms with E-state index in [1.54, 1.807) is 18.2 Å². The number of nitro benzene ring substituents is 1. The second kappa shape index (κ2) is 12.5. The van der Waals surface area contributed by atoms with E-state index < -0.39 is 10.8 Å². The van der Waals surface area contributed by atoms with Crippen LogP contribution in [0.5, 0.6) is 11.5 Å². The van der Waals surface area contributed by atoms with Crippen molar-refractivity contribution in [2.24, 2.45) is 0 Å². The molecule has 10 nitrogen and oxygen atoms in total. The summed E-state index contributed by atoms with van der Waals surface area (Å²) in [5.74, 6) is -0.574. The number of halogens is 1. The lowest BCUT2D eigenvalue weighted by Gasteiger charge is -2.15. The Labute approximate surface area is 227 Å². The molecule has 3 aromatic carbocycles. The van der Waals surface area contributed by atoms with Crippen molar-refractivity contribution >= 4 is 50.9 Å². The SMILES string of the molecule is COc1cc(/C=C(/C#N)C(=O)Nc2cccc([N+](=O)[O-])c2)cc(Br)c1OCC(=O)Nc1cccc(C)c1C. The predicted octanol–water partition coefficient (Wildman–Crippen LogP) is 5.55. The van der Waals surface area contributed by atoms with Crippen LogP contribution in [0.1, 0.15) is 16.7 Å². The number of hydrogen-bond acceptors (Lipinski definition) is 7. The maximum atomic E-state index is 12.6. The first-order valence-corrected chi connectivity index (χ1v) is 12.0. The molecule has 0 bridgehead atoms. The molecule has 3 rings (SSSR count). The smallest absolute Gasteiger partial charge is 0.271 e. The molecular formula is C27H23BrN4O6. The number of hydrogen-bond donors (Lipinski definition) is 2. The van der Waals surface area contributed by atoms with Crippen LogP contribution in [0.25, 0.3) is 6.08 Å². The number of nitrogens with zero attached hydrogens (tertiary/aromatic N) is 2. The van der Waals surface area contributed by atoms with E-state index in [0.717, 1.165) is 11.1 Å². The zero-order valence-corrected chi connectivity index (χ0v) is 22.3. The molecule has 194 valence electrons. The van der Waals surface area contributed by atoms with Crippen LogP contribution in [0.15, 0.2) is 64.6 Å². The maximum absolute atomic E-state index is 12.6. The summed E-state index contributed by atoms with van der Waals surface area (Å²) < 4.78 is 11.5. The summed E-state index contributed by atoms with van der Waals surface area (Å²) in [4.78, 5) is 35.5. The van der Waals surface area contributed by atoms with Crippen LogP contribution in [0, 0.1) is 35.3 Å². The molecule has 2 amide bonds. The number of nitriles is 1. The molecule has 11 heteroatoms. The Morgan fingerprint density at radius 3 is 2.55 bits per heavy atom. The molecule has 0 aliphatic rings. The van der Waals surface area contributed by atoms with Crippen molar-refractivity contribution in [2.75, 3.05) is 24.4 Å². The van der Waals surface area contributed by atoms with Crippen molar-refractivity contribution in [2.45, 2.75) is 13.8 Å². The molecule has 0 atom stereocenters. The molecule has 0 saturated carbocycles. The molecule has 0 unspecified atom stereocenters. The molecule has 3 aromatic rings. The van der Waals surface area contributed by atoms with Crippen molar-refractivity contribution < 1.29 is 24.0 Å². The van der Waals surface area contributed by atoms with E-state index >= 15 is 0 Å². The highest BCUT2D eigenvalue weighted by Crippen LogP contribution is 2.37. The summed E-state index contributed by atoms with van der Waals surface area (Å²) in [6.07, 6.45) is 1.33. The van der Waals surface area contributed by atoms with Gasteiger partial charge < -0.3 is 20.1 Å². The molecule has 0 spiro atoms. The zero-order valence-electron chi connectivity index (χ0n) is 20.7. The third-order valence-electron chi connectivity index (χ3n) is 5.47. The van der Waals surface area contributed by atoms with Gasteiger partial charge in [0.05, 0.1) is 16.5 Å². The van der Waals surface area contributed by atoms with Gasteiger partial charge in [-0.05, 0) is 76.8 Å². The number of aryl methyl sites for hydroxylation is 1. The lowest BCUT2D eigenvalue weighted by atomic mass is 10.1. The van der Waals surface area contributed by atoms with E-state index in [1.807, 2.05) is 32.0 Å². The average Bonchev–Trinajstić information content (AvgIpc) is 2.89. The van der Waals surface area contributed by atoms with Gasteiger partial charge in [0, 0.05) is 23.5 Å². The Morgan fingerprint density at radius 1 is 1.13 bits per heavy atom. The first-order chi connectivity index (χ1) is 18.1. The van der Waals surface area contributed by atoms with Gasteiger partial charge in [-0.25, -0.2) is 0 Å². The van der Waals surface area contributed by atoms with Gasteiger partial charge in [0.1, 0.15) is 11.6 Å². The van der Waals surface area contributed by atoms with Crippen molar-refractivity contribution in [3.05, 3.63) is 91.4 Å². The number of rotatable bonds is 9. The van der Waals surface area contributed by atoms with Gasteiger partial charge in [-0.15, -0.1) is 0 Å². The number of carbonyl (C=O) groups is 2. The van der Waals surface area contributed by atoms with Crippen LogP contribution >= 0.6 is 15.9 Å². The Bertz CT molecular complexity index is 1480. The molecule has 0 heterocycles. The average molecular weight is 579 g/mol. The predicted molar refractivity (Wildman–Crippen MR) is 146 cm³/mol. The molecule has 0 aliphatic heterocycles. The molecule has 2 N–H and O–H groups in total. The van der Waals surface area contributed by atoms with E-state index in [9.17, 15) is 25.0 Å². The number of ether oxygens (including phenoxy) is 2. The van der Waals surface area contributed by atoms with Crippen LogP contribution in [0.3, 0.4) is 0 Å². The van der Waals surface area contributed by atoms with Gasteiger partial charge in [-0.2, -0.15) is 5.26 Å². The number of carbonyl (C=O) groups excluding carboxylic acids is 2. The molecule has 0 saturated heterocycles. The summed E-state index contributed by atoms with van der Waals surface area (Å²) >= 11 is 3.39. The first kappa shape index (κ1) is 27.9.